The third-order valence-electron chi connectivity index (χ3n) is 1.73. The molecule has 0 bridgehead atoms. The second-order valence-corrected chi connectivity index (χ2v) is 5.14. The van der Waals surface area contributed by atoms with E-state index in [0.29, 0.717) is 0 Å². The molecule has 2 heteroatoms. The average molecular weight is 176 g/mol. The first-order valence-corrected chi connectivity index (χ1v) is 6.36. The van der Waals surface area contributed by atoms with Gasteiger partial charge in [-0.05, 0) is 18.7 Å². The maximum atomic E-state index is 5.71. The molecule has 0 unspecified atom stereocenters. The third kappa shape index (κ3) is 6.77. The molecule has 0 spiro atoms. The van der Waals surface area contributed by atoms with Crippen LogP contribution < -0.4 is 0 Å². The third-order valence-corrected chi connectivity index (χ3v) is 3.69. The summed E-state index contributed by atoms with van der Waals surface area (Å²) in [6.45, 7) is 7.65. The highest BCUT2D eigenvalue weighted by molar-refractivity contribution is 7.52. The highest BCUT2D eigenvalue weighted by atomic mass is 31.1. The van der Waals surface area contributed by atoms with Gasteiger partial charge >= 0.3 is 0 Å². The van der Waals surface area contributed by atoms with Gasteiger partial charge in [0, 0.05) is 8.15 Å². The van der Waals surface area contributed by atoms with E-state index in [0.717, 1.165) is 6.61 Å². The molecule has 0 saturated carbocycles. The second kappa shape index (κ2) is 8.49. The maximum absolute atomic E-state index is 5.71. The van der Waals surface area contributed by atoms with Crippen molar-refractivity contribution in [2.45, 2.75) is 40.0 Å². The Morgan fingerprint density at radius 3 is 2.09 bits per heavy atom. The number of hydrogen-bond acceptors (Lipinski definition) is 1. The molecule has 0 aromatic rings. The normalized spacial score (nSPS) is 10.9. The van der Waals surface area contributed by atoms with Gasteiger partial charge in [0.25, 0.3) is 0 Å². The summed E-state index contributed by atoms with van der Waals surface area (Å²) in [6, 6.07) is 0. The average Bonchev–Trinajstić information content (AvgIpc) is 2.05. The van der Waals surface area contributed by atoms with Crippen molar-refractivity contribution in [1.29, 1.82) is 0 Å². The van der Waals surface area contributed by atoms with Crippen molar-refractivity contribution in [3.05, 3.63) is 0 Å². The molecule has 0 saturated heterocycles. The van der Waals surface area contributed by atoms with Gasteiger partial charge in [0.2, 0.25) is 0 Å². The Balaban J connectivity index is 3.07. The lowest BCUT2D eigenvalue weighted by Crippen LogP contribution is -1.92. The van der Waals surface area contributed by atoms with Gasteiger partial charge in [-0.1, -0.05) is 33.6 Å². The van der Waals surface area contributed by atoms with Crippen LogP contribution in [0, 0.1) is 0 Å². The molecule has 1 nitrogen and oxygen atoms in total. The van der Waals surface area contributed by atoms with Crippen LogP contribution in [0.25, 0.3) is 0 Å². The minimum Gasteiger partial charge on any atom is -0.359 e. The summed E-state index contributed by atoms with van der Waals surface area (Å²) in [5.41, 5.74) is 0. The van der Waals surface area contributed by atoms with Gasteiger partial charge in [0.15, 0.2) is 0 Å². The van der Waals surface area contributed by atoms with E-state index in [4.69, 9.17) is 4.52 Å². The van der Waals surface area contributed by atoms with Gasteiger partial charge in [-0.3, -0.25) is 0 Å². The van der Waals surface area contributed by atoms with Crippen molar-refractivity contribution in [2.75, 3.05) is 18.9 Å². The minimum atomic E-state index is -0.0728. The van der Waals surface area contributed by atoms with Gasteiger partial charge in [0.1, 0.15) is 0 Å². The van der Waals surface area contributed by atoms with Crippen LogP contribution in [0.5, 0.6) is 0 Å². The van der Waals surface area contributed by atoms with Crippen molar-refractivity contribution in [3.8, 4) is 0 Å². The Labute approximate surface area is 72.4 Å². The highest BCUT2D eigenvalue weighted by Gasteiger charge is 2.00. The molecular weight excluding hydrogens is 155 g/mol. The van der Waals surface area contributed by atoms with Gasteiger partial charge in [-0.2, -0.15) is 0 Å². The summed E-state index contributed by atoms with van der Waals surface area (Å²) >= 11 is 0. The van der Waals surface area contributed by atoms with Crippen LogP contribution in [0.4, 0.5) is 0 Å². The summed E-state index contributed by atoms with van der Waals surface area (Å²) in [5.74, 6) is 0. The van der Waals surface area contributed by atoms with Crippen molar-refractivity contribution in [1.82, 2.24) is 0 Å². The van der Waals surface area contributed by atoms with Gasteiger partial charge in [-0.25, -0.2) is 0 Å². The zero-order chi connectivity index (χ0) is 8.53. The first kappa shape index (κ1) is 11.4. The van der Waals surface area contributed by atoms with E-state index in [2.05, 4.69) is 20.8 Å². The van der Waals surface area contributed by atoms with Gasteiger partial charge < -0.3 is 4.52 Å². The van der Waals surface area contributed by atoms with E-state index in [-0.39, 0.29) is 8.15 Å². The molecule has 11 heavy (non-hydrogen) atoms. The van der Waals surface area contributed by atoms with Gasteiger partial charge in [0.05, 0.1) is 6.61 Å². The van der Waals surface area contributed by atoms with Crippen LogP contribution in [-0.4, -0.2) is 18.9 Å². The summed E-state index contributed by atoms with van der Waals surface area (Å²) in [6.07, 6.45) is 6.29. The van der Waals surface area contributed by atoms with E-state index < -0.39 is 0 Å². The Kier molecular flexibility index (Phi) is 8.79. The molecule has 0 fully saturated rings. The molecule has 68 valence electrons. The quantitative estimate of drug-likeness (QED) is 0.425. The Hall–Kier alpha value is 0.390. The fourth-order valence-electron chi connectivity index (χ4n) is 0.952. The first-order chi connectivity index (χ1) is 5.35. The van der Waals surface area contributed by atoms with Crippen LogP contribution in [-0.2, 0) is 4.52 Å². The molecule has 0 aliphatic carbocycles. The predicted molar refractivity (Wildman–Crippen MR) is 53.5 cm³/mol. The van der Waals surface area contributed by atoms with E-state index in [9.17, 15) is 0 Å². The van der Waals surface area contributed by atoms with E-state index >= 15 is 0 Å². The smallest absolute Gasteiger partial charge is 0.0508 e. The standard InChI is InChI=1S/C9H21OP/c1-4-7-8-9-10-11(5-2)6-3/h4-9H2,1-3H3. The molecule has 0 aliphatic heterocycles. The molecular formula is C9H21OP. The Morgan fingerprint density at radius 2 is 1.64 bits per heavy atom. The number of unbranched alkanes of at least 4 members (excludes halogenated alkanes) is 2. The van der Waals surface area contributed by atoms with Crippen LogP contribution in [0.3, 0.4) is 0 Å². The van der Waals surface area contributed by atoms with Gasteiger partial charge in [-0.15, -0.1) is 0 Å². The number of hydrogen-bond donors (Lipinski definition) is 0. The summed E-state index contributed by atoms with van der Waals surface area (Å²) < 4.78 is 5.71. The van der Waals surface area contributed by atoms with E-state index in [1.165, 1.54) is 31.6 Å². The van der Waals surface area contributed by atoms with Crippen molar-refractivity contribution in [2.24, 2.45) is 0 Å². The topological polar surface area (TPSA) is 9.23 Å². The monoisotopic (exact) mass is 176 g/mol. The van der Waals surface area contributed by atoms with Crippen LogP contribution in [0.15, 0.2) is 0 Å². The summed E-state index contributed by atoms with van der Waals surface area (Å²) in [7, 11) is -0.0728. The Bertz CT molecular complexity index is 72.0. The minimum absolute atomic E-state index is 0.0728. The lowest BCUT2D eigenvalue weighted by Gasteiger charge is -2.12. The first-order valence-electron chi connectivity index (χ1n) is 4.73. The maximum Gasteiger partial charge on any atom is 0.0508 e. The molecule has 0 atom stereocenters. The molecule has 0 aliphatic rings. The summed E-state index contributed by atoms with van der Waals surface area (Å²) in [5, 5.41) is 0. The fourth-order valence-corrected chi connectivity index (χ4v) is 2.15. The molecule has 0 rings (SSSR count). The predicted octanol–water partition coefficient (Wildman–Crippen LogP) is 3.63. The zero-order valence-electron chi connectivity index (χ0n) is 8.10. The fraction of sp³-hybridized carbons (Fsp3) is 1.00. The SMILES string of the molecule is CCCCCOP(CC)CC. The molecule has 0 N–H and O–H groups in total. The molecule has 0 aromatic carbocycles. The van der Waals surface area contributed by atoms with E-state index in [1.807, 2.05) is 0 Å². The molecule has 0 aromatic heterocycles. The van der Waals surface area contributed by atoms with E-state index in [1.54, 1.807) is 0 Å². The largest absolute Gasteiger partial charge is 0.359 e. The Morgan fingerprint density at radius 1 is 1.00 bits per heavy atom. The van der Waals surface area contributed by atoms with Crippen molar-refractivity contribution < 1.29 is 4.52 Å². The molecule has 0 amide bonds. The lowest BCUT2D eigenvalue weighted by molar-refractivity contribution is 0.338. The molecule has 0 heterocycles. The van der Waals surface area contributed by atoms with Crippen molar-refractivity contribution >= 4 is 8.15 Å². The van der Waals surface area contributed by atoms with Crippen LogP contribution >= 0.6 is 8.15 Å². The van der Waals surface area contributed by atoms with Crippen LogP contribution in [0.2, 0.25) is 0 Å². The number of rotatable bonds is 7. The lowest BCUT2D eigenvalue weighted by atomic mass is 10.3. The van der Waals surface area contributed by atoms with Crippen molar-refractivity contribution in [3.63, 3.8) is 0 Å². The summed E-state index contributed by atoms with van der Waals surface area (Å²) in [4.78, 5) is 0. The zero-order valence-corrected chi connectivity index (χ0v) is 8.99. The van der Waals surface area contributed by atoms with Crippen LogP contribution in [0.1, 0.15) is 40.0 Å². The second-order valence-electron chi connectivity index (χ2n) is 2.65. The molecule has 0 radical (unpaired) electrons. The highest BCUT2D eigenvalue weighted by Crippen LogP contribution is 2.35.